The molecule has 0 unspecified atom stereocenters. The first-order valence-corrected chi connectivity index (χ1v) is 6.05. The van der Waals surface area contributed by atoms with Crippen molar-refractivity contribution < 1.29 is 4.74 Å². The summed E-state index contributed by atoms with van der Waals surface area (Å²) < 4.78 is 5.14. The predicted octanol–water partition coefficient (Wildman–Crippen LogP) is 1.99. The van der Waals surface area contributed by atoms with Gasteiger partial charge in [0.25, 0.3) is 0 Å². The molecule has 0 spiro atoms. The van der Waals surface area contributed by atoms with E-state index in [0.29, 0.717) is 12.5 Å². The third-order valence-corrected chi connectivity index (χ3v) is 2.65. The van der Waals surface area contributed by atoms with Gasteiger partial charge in [0.15, 0.2) is 5.96 Å². The molecule has 1 aromatic rings. The first kappa shape index (κ1) is 18.0. The molecule has 0 heterocycles. The van der Waals surface area contributed by atoms with Crippen molar-refractivity contribution in [2.45, 2.75) is 6.92 Å². The molecular weight excluding hydrogens is 355 g/mol. The Labute approximate surface area is 132 Å². The summed E-state index contributed by atoms with van der Waals surface area (Å²) >= 11 is 0. The summed E-state index contributed by atoms with van der Waals surface area (Å²) in [5.41, 5.74) is 6.68. The number of guanidine groups is 1. The van der Waals surface area contributed by atoms with Crippen molar-refractivity contribution in [3.05, 3.63) is 24.3 Å². The minimum absolute atomic E-state index is 0. The van der Waals surface area contributed by atoms with Crippen LogP contribution in [0.1, 0.15) is 6.92 Å². The summed E-state index contributed by atoms with van der Waals surface area (Å²) in [5, 5.41) is 3.04. The highest BCUT2D eigenvalue weighted by molar-refractivity contribution is 14.0. The quantitative estimate of drug-likeness (QED) is 0.452. The maximum Gasteiger partial charge on any atom is 0.193 e. The smallest absolute Gasteiger partial charge is 0.193 e. The van der Waals surface area contributed by atoms with E-state index in [1.807, 2.05) is 24.3 Å². The Kier molecular flexibility index (Phi) is 9.32. The SMILES string of the molecule is CCN(C)CCN=C(N)Nc1cccc(OC)c1.I. The second kappa shape index (κ2) is 9.85. The van der Waals surface area contributed by atoms with Crippen molar-refractivity contribution in [1.29, 1.82) is 0 Å². The zero-order valence-electron chi connectivity index (χ0n) is 11.7. The lowest BCUT2D eigenvalue weighted by Crippen LogP contribution is -2.26. The van der Waals surface area contributed by atoms with Crippen molar-refractivity contribution in [3.8, 4) is 5.75 Å². The summed E-state index contributed by atoms with van der Waals surface area (Å²) in [6.07, 6.45) is 0. The molecule has 0 amide bonds. The van der Waals surface area contributed by atoms with Crippen LogP contribution in [0.2, 0.25) is 0 Å². The summed E-state index contributed by atoms with van der Waals surface area (Å²) in [4.78, 5) is 6.45. The highest BCUT2D eigenvalue weighted by Gasteiger charge is 1.98. The average Bonchev–Trinajstić information content (AvgIpc) is 2.38. The van der Waals surface area contributed by atoms with E-state index in [2.05, 4.69) is 29.2 Å². The van der Waals surface area contributed by atoms with Gasteiger partial charge in [0.05, 0.1) is 13.7 Å². The Morgan fingerprint density at radius 1 is 1.47 bits per heavy atom. The molecule has 0 aliphatic heterocycles. The van der Waals surface area contributed by atoms with Gasteiger partial charge in [-0.1, -0.05) is 13.0 Å². The number of aliphatic imine (C=N–C) groups is 1. The van der Waals surface area contributed by atoms with Gasteiger partial charge in [0, 0.05) is 18.3 Å². The molecule has 0 bridgehead atoms. The number of nitrogens with zero attached hydrogens (tertiary/aromatic N) is 2. The molecule has 3 N–H and O–H groups in total. The fourth-order valence-electron chi connectivity index (χ4n) is 1.39. The zero-order valence-corrected chi connectivity index (χ0v) is 14.0. The molecule has 19 heavy (non-hydrogen) atoms. The lowest BCUT2D eigenvalue weighted by Gasteiger charge is -2.12. The molecule has 0 aliphatic rings. The van der Waals surface area contributed by atoms with E-state index in [-0.39, 0.29) is 24.0 Å². The van der Waals surface area contributed by atoms with Crippen LogP contribution in [0.4, 0.5) is 5.69 Å². The van der Waals surface area contributed by atoms with Gasteiger partial charge in [-0.05, 0) is 25.7 Å². The minimum atomic E-state index is 0. The van der Waals surface area contributed by atoms with E-state index in [1.54, 1.807) is 7.11 Å². The van der Waals surface area contributed by atoms with E-state index >= 15 is 0 Å². The van der Waals surface area contributed by atoms with E-state index < -0.39 is 0 Å². The van der Waals surface area contributed by atoms with Crippen molar-refractivity contribution in [1.82, 2.24) is 4.90 Å². The first-order chi connectivity index (χ1) is 8.65. The van der Waals surface area contributed by atoms with Crippen molar-refractivity contribution in [2.75, 3.05) is 39.1 Å². The summed E-state index contributed by atoms with van der Waals surface area (Å²) in [5.74, 6) is 1.21. The van der Waals surface area contributed by atoms with E-state index in [9.17, 15) is 0 Å². The number of nitrogens with two attached hydrogens (primary N) is 1. The molecule has 0 atom stereocenters. The second-order valence-corrected chi connectivity index (χ2v) is 4.02. The molecule has 108 valence electrons. The molecule has 5 nitrogen and oxygen atoms in total. The third kappa shape index (κ3) is 7.22. The van der Waals surface area contributed by atoms with Crippen LogP contribution in [-0.4, -0.2) is 44.7 Å². The number of benzene rings is 1. The lowest BCUT2D eigenvalue weighted by atomic mass is 10.3. The van der Waals surface area contributed by atoms with Crippen LogP contribution in [0.3, 0.4) is 0 Å². The van der Waals surface area contributed by atoms with Gasteiger partial charge < -0.3 is 20.7 Å². The average molecular weight is 378 g/mol. The van der Waals surface area contributed by atoms with Gasteiger partial charge in [-0.25, -0.2) is 0 Å². The number of anilines is 1. The minimum Gasteiger partial charge on any atom is -0.497 e. The van der Waals surface area contributed by atoms with E-state index in [0.717, 1.165) is 24.5 Å². The van der Waals surface area contributed by atoms with Crippen LogP contribution < -0.4 is 15.8 Å². The van der Waals surface area contributed by atoms with Crippen LogP contribution in [0.15, 0.2) is 29.3 Å². The van der Waals surface area contributed by atoms with Crippen LogP contribution in [0.25, 0.3) is 0 Å². The number of likely N-dealkylation sites (N-methyl/N-ethyl adjacent to an activating group) is 1. The first-order valence-electron chi connectivity index (χ1n) is 6.05. The molecule has 1 aromatic carbocycles. The van der Waals surface area contributed by atoms with Crippen LogP contribution in [-0.2, 0) is 0 Å². The molecule has 0 radical (unpaired) electrons. The lowest BCUT2D eigenvalue weighted by molar-refractivity contribution is 0.363. The second-order valence-electron chi connectivity index (χ2n) is 4.02. The van der Waals surface area contributed by atoms with Crippen LogP contribution in [0, 0.1) is 0 Å². The molecule has 0 aromatic heterocycles. The molecule has 0 aliphatic carbocycles. The Hall–Kier alpha value is -1.02. The van der Waals surface area contributed by atoms with Gasteiger partial charge >= 0.3 is 0 Å². The van der Waals surface area contributed by atoms with Gasteiger partial charge in [0.2, 0.25) is 0 Å². The summed E-state index contributed by atoms with van der Waals surface area (Å²) in [6.45, 7) is 4.71. The Bertz CT molecular complexity index is 398. The van der Waals surface area contributed by atoms with Crippen molar-refractivity contribution >= 4 is 35.6 Å². The number of ether oxygens (including phenoxy) is 1. The topological polar surface area (TPSA) is 62.9 Å². The monoisotopic (exact) mass is 378 g/mol. The standard InChI is InChI=1S/C13H22N4O.HI/c1-4-17(2)9-8-15-13(14)16-11-6-5-7-12(10-11)18-3;/h5-7,10H,4,8-9H2,1-3H3,(H3,14,15,16);1H. The largest absolute Gasteiger partial charge is 0.497 e. The van der Waals surface area contributed by atoms with Crippen LogP contribution in [0.5, 0.6) is 5.75 Å². The molecule has 6 heteroatoms. The molecular formula is C13H23IN4O. The number of methoxy groups -OCH3 is 1. The Morgan fingerprint density at radius 2 is 2.21 bits per heavy atom. The zero-order chi connectivity index (χ0) is 13.4. The fourth-order valence-corrected chi connectivity index (χ4v) is 1.39. The van der Waals surface area contributed by atoms with Gasteiger partial charge in [-0.15, -0.1) is 24.0 Å². The maximum atomic E-state index is 5.80. The number of halogens is 1. The number of hydrogen-bond donors (Lipinski definition) is 2. The number of nitrogens with one attached hydrogen (secondary N) is 1. The highest BCUT2D eigenvalue weighted by atomic mass is 127. The molecule has 0 saturated heterocycles. The van der Waals surface area contributed by atoms with Crippen molar-refractivity contribution in [2.24, 2.45) is 10.7 Å². The third-order valence-electron chi connectivity index (χ3n) is 2.65. The summed E-state index contributed by atoms with van der Waals surface area (Å²) in [7, 11) is 3.69. The predicted molar refractivity (Wildman–Crippen MR) is 91.7 cm³/mol. The Morgan fingerprint density at radius 3 is 2.84 bits per heavy atom. The Balaban J connectivity index is 0.00000324. The number of hydrogen-bond acceptors (Lipinski definition) is 3. The normalized spacial score (nSPS) is 11.1. The fraction of sp³-hybridized carbons (Fsp3) is 0.462. The van der Waals surface area contributed by atoms with Gasteiger partial charge in [-0.3, -0.25) is 4.99 Å². The van der Waals surface area contributed by atoms with E-state index in [1.165, 1.54) is 0 Å². The number of rotatable bonds is 6. The van der Waals surface area contributed by atoms with E-state index in [4.69, 9.17) is 10.5 Å². The van der Waals surface area contributed by atoms with Crippen LogP contribution >= 0.6 is 24.0 Å². The maximum absolute atomic E-state index is 5.80. The molecule has 1 rings (SSSR count). The van der Waals surface area contributed by atoms with Crippen molar-refractivity contribution in [3.63, 3.8) is 0 Å². The molecule has 0 fully saturated rings. The van der Waals surface area contributed by atoms with Gasteiger partial charge in [-0.2, -0.15) is 0 Å². The molecule has 0 saturated carbocycles. The summed E-state index contributed by atoms with van der Waals surface area (Å²) in [6, 6.07) is 7.58. The van der Waals surface area contributed by atoms with Gasteiger partial charge in [0.1, 0.15) is 5.75 Å². The highest BCUT2D eigenvalue weighted by Crippen LogP contribution is 2.16.